The Hall–Kier alpha value is -2.03. The molecule has 1 aromatic carbocycles. The average Bonchev–Trinajstić information content (AvgIpc) is 2.74. The number of amides is 1. The van der Waals surface area contributed by atoms with Gasteiger partial charge < -0.3 is 10.1 Å². The van der Waals surface area contributed by atoms with Crippen molar-refractivity contribution in [2.75, 3.05) is 12.4 Å². The summed E-state index contributed by atoms with van der Waals surface area (Å²) in [4.78, 5) is 13.9. The molecule has 3 rings (SSSR count). The molecule has 0 fully saturated rings. The molecular formula is C18H17ClN2O2S. The van der Waals surface area contributed by atoms with E-state index < -0.39 is 0 Å². The van der Waals surface area contributed by atoms with Crippen molar-refractivity contribution in [3.05, 3.63) is 44.8 Å². The topological polar surface area (TPSA) is 62.1 Å². The predicted octanol–water partition coefficient (Wildman–Crippen LogP) is 4.80. The summed E-state index contributed by atoms with van der Waals surface area (Å²) in [5.74, 6) is 0.135. The zero-order valence-electron chi connectivity index (χ0n) is 13.3. The number of hydrogen-bond donors (Lipinski definition) is 1. The standard InChI is InChI=1S/C18H17ClN2O2S/c1-23-15-8-7-11(19)9-13(15)17(22)21-18-14(10-20)12-5-3-2-4-6-16(12)24-18/h7-9H,2-6H2,1H3,(H,21,22). The van der Waals surface area contributed by atoms with Crippen LogP contribution in [0.2, 0.25) is 5.02 Å². The Balaban J connectivity index is 1.93. The number of anilines is 1. The van der Waals surface area contributed by atoms with Crippen LogP contribution in [0.4, 0.5) is 5.00 Å². The second-order valence-electron chi connectivity index (χ2n) is 5.68. The number of nitrogens with one attached hydrogen (secondary N) is 1. The fourth-order valence-corrected chi connectivity index (χ4v) is 4.38. The molecule has 0 saturated carbocycles. The first-order chi connectivity index (χ1) is 11.6. The Labute approximate surface area is 150 Å². The number of methoxy groups -OCH3 is 1. The van der Waals surface area contributed by atoms with E-state index in [2.05, 4.69) is 11.4 Å². The Kier molecular flexibility index (Phi) is 5.08. The molecule has 124 valence electrons. The third-order valence-electron chi connectivity index (χ3n) is 4.17. The maximum absolute atomic E-state index is 12.6. The molecule has 0 bridgehead atoms. The summed E-state index contributed by atoms with van der Waals surface area (Å²) < 4.78 is 5.23. The van der Waals surface area contributed by atoms with E-state index in [1.165, 1.54) is 29.7 Å². The number of hydrogen-bond acceptors (Lipinski definition) is 4. The zero-order valence-corrected chi connectivity index (χ0v) is 14.9. The first kappa shape index (κ1) is 16.8. The number of aryl methyl sites for hydroxylation is 1. The molecule has 0 atom stereocenters. The van der Waals surface area contributed by atoms with Gasteiger partial charge in [-0.25, -0.2) is 0 Å². The quantitative estimate of drug-likeness (QED) is 0.799. The minimum absolute atomic E-state index is 0.317. The molecule has 0 spiro atoms. The van der Waals surface area contributed by atoms with E-state index in [0.717, 1.165) is 31.2 Å². The van der Waals surface area contributed by atoms with Gasteiger partial charge in [0.15, 0.2) is 0 Å². The lowest BCUT2D eigenvalue weighted by Gasteiger charge is -2.09. The van der Waals surface area contributed by atoms with Crippen LogP contribution >= 0.6 is 22.9 Å². The molecule has 6 heteroatoms. The van der Waals surface area contributed by atoms with E-state index in [0.29, 0.717) is 26.9 Å². The van der Waals surface area contributed by atoms with E-state index in [-0.39, 0.29) is 5.91 Å². The number of nitrogens with zero attached hydrogens (tertiary/aromatic N) is 1. The highest BCUT2D eigenvalue weighted by Crippen LogP contribution is 2.37. The number of carbonyl (C=O) groups is 1. The Morgan fingerprint density at radius 3 is 2.88 bits per heavy atom. The summed E-state index contributed by atoms with van der Waals surface area (Å²) in [7, 11) is 1.51. The predicted molar refractivity (Wildman–Crippen MR) is 96.3 cm³/mol. The molecule has 1 heterocycles. The van der Waals surface area contributed by atoms with Crippen molar-refractivity contribution in [3.63, 3.8) is 0 Å². The van der Waals surface area contributed by atoms with Gasteiger partial charge in [-0.2, -0.15) is 5.26 Å². The first-order valence-electron chi connectivity index (χ1n) is 7.83. The van der Waals surface area contributed by atoms with Crippen molar-refractivity contribution in [2.24, 2.45) is 0 Å². The van der Waals surface area contributed by atoms with Gasteiger partial charge in [-0.15, -0.1) is 11.3 Å². The molecule has 1 aliphatic rings. The number of carbonyl (C=O) groups excluding carboxylic acids is 1. The second-order valence-corrected chi connectivity index (χ2v) is 7.22. The molecule has 0 saturated heterocycles. The van der Waals surface area contributed by atoms with Crippen LogP contribution in [0, 0.1) is 11.3 Å². The number of fused-ring (bicyclic) bond motifs is 1. The molecule has 24 heavy (non-hydrogen) atoms. The first-order valence-corrected chi connectivity index (χ1v) is 9.03. The summed E-state index contributed by atoms with van der Waals surface area (Å²) in [5, 5.41) is 13.5. The minimum Gasteiger partial charge on any atom is -0.496 e. The summed E-state index contributed by atoms with van der Waals surface area (Å²) in [6.07, 6.45) is 5.30. The van der Waals surface area contributed by atoms with Crippen molar-refractivity contribution in [2.45, 2.75) is 32.1 Å². The van der Waals surface area contributed by atoms with Crippen LogP contribution in [0.3, 0.4) is 0 Å². The summed E-state index contributed by atoms with van der Waals surface area (Å²) in [6.45, 7) is 0. The number of thiophene rings is 1. The smallest absolute Gasteiger partial charge is 0.260 e. The van der Waals surface area contributed by atoms with Crippen LogP contribution in [-0.4, -0.2) is 13.0 Å². The van der Waals surface area contributed by atoms with Crippen LogP contribution in [0.15, 0.2) is 18.2 Å². The van der Waals surface area contributed by atoms with Gasteiger partial charge in [-0.3, -0.25) is 4.79 Å². The maximum Gasteiger partial charge on any atom is 0.260 e. The van der Waals surface area contributed by atoms with E-state index >= 15 is 0 Å². The SMILES string of the molecule is COc1ccc(Cl)cc1C(=O)Nc1sc2c(c1C#N)CCCCC2. The third-order valence-corrected chi connectivity index (χ3v) is 5.61. The average molecular weight is 361 g/mol. The molecule has 0 aliphatic heterocycles. The highest BCUT2D eigenvalue weighted by atomic mass is 35.5. The molecule has 1 amide bonds. The van der Waals surface area contributed by atoms with Gasteiger partial charge in [0, 0.05) is 9.90 Å². The highest BCUT2D eigenvalue weighted by molar-refractivity contribution is 7.16. The van der Waals surface area contributed by atoms with Crippen LogP contribution in [0.5, 0.6) is 5.75 Å². The Morgan fingerprint density at radius 1 is 1.33 bits per heavy atom. The second kappa shape index (κ2) is 7.25. The molecular weight excluding hydrogens is 344 g/mol. The fourth-order valence-electron chi connectivity index (χ4n) is 2.98. The van der Waals surface area contributed by atoms with Gasteiger partial charge in [0.25, 0.3) is 5.91 Å². The summed E-state index contributed by atoms with van der Waals surface area (Å²) >= 11 is 7.51. The number of rotatable bonds is 3. The Bertz CT molecular complexity index is 823. The molecule has 0 radical (unpaired) electrons. The maximum atomic E-state index is 12.6. The number of ether oxygens (including phenoxy) is 1. The third kappa shape index (κ3) is 3.26. The Morgan fingerprint density at radius 2 is 2.12 bits per heavy atom. The van der Waals surface area contributed by atoms with Crippen LogP contribution < -0.4 is 10.1 Å². The lowest BCUT2D eigenvalue weighted by atomic mass is 10.1. The van der Waals surface area contributed by atoms with Crippen LogP contribution in [-0.2, 0) is 12.8 Å². The number of halogens is 1. The number of benzene rings is 1. The van der Waals surface area contributed by atoms with E-state index in [4.69, 9.17) is 16.3 Å². The van der Waals surface area contributed by atoms with Gasteiger partial charge in [-0.05, 0) is 49.4 Å². The monoisotopic (exact) mass is 360 g/mol. The van der Waals surface area contributed by atoms with Crippen molar-refractivity contribution in [1.29, 1.82) is 5.26 Å². The molecule has 1 N–H and O–H groups in total. The molecule has 0 unspecified atom stereocenters. The molecule has 1 aliphatic carbocycles. The zero-order chi connectivity index (χ0) is 17.1. The summed E-state index contributed by atoms with van der Waals surface area (Å²) in [5.41, 5.74) is 2.07. The molecule has 2 aromatic rings. The van der Waals surface area contributed by atoms with Gasteiger partial charge in [0.05, 0.1) is 18.2 Å². The van der Waals surface area contributed by atoms with Gasteiger partial charge in [0.1, 0.15) is 16.8 Å². The van der Waals surface area contributed by atoms with Gasteiger partial charge in [0.2, 0.25) is 0 Å². The minimum atomic E-state index is -0.317. The number of nitriles is 1. The largest absolute Gasteiger partial charge is 0.496 e. The van der Waals surface area contributed by atoms with Gasteiger partial charge in [-0.1, -0.05) is 18.0 Å². The van der Waals surface area contributed by atoms with Crippen LogP contribution in [0.25, 0.3) is 0 Å². The van der Waals surface area contributed by atoms with Crippen molar-refractivity contribution < 1.29 is 9.53 Å². The van der Waals surface area contributed by atoms with E-state index in [9.17, 15) is 10.1 Å². The molecule has 4 nitrogen and oxygen atoms in total. The molecule has 1 aromatic heterocycles. The van der Waals surface area contributed by atoms with E-state index in [1.54, 1.807) is 18.2 Å². The van der Waals surface area contributed by atoms with Gasteiger partial charge >= 0.3 is 0 Å². The highest BCUT2D eigenvalue weighted by Gasteiger charge is 2.22. The van der Waals surface area contributed by atoms with Crippen molar-refractivity contribution >= 4 is 33.8 Å². The van der Waals surface area contributed by atoms with Crippen LogP contribution in [0.1, 0.15) is 45.6 Å². The van der Waals surface area contributed by atoms with Crippen molar-refractivity contribution in [3.8, 4) is 11.8 Å². The summed E-state index contributed by atoms with van der Waals surface area (Å²) in [6, 6.07) is 7.17. The van der Waals surface area contributed by atoms with Crippen molar-refractivity contribution in [1.82, 2.24) is 0 Å². The lowest BCUT2D eigenvalue weighted by Crippen LogP contribution is -2.13. The normalized spacial score (nSPS) is 13.5. The van der Waals surface area contributed by atoms with E-state index in [1.807, 2.05) is 0 Å². The fraction of sp³-hybridized carbons (Fsp3) is 0.333. The lowest BCUT2D eigenvalue weighted by molar-refractivity contribution is 0.102.